The van der Waals surface area contributed by atoms with Gasteiger partial charge in [0.25, 0.3) is 0 Å². The maximum absolute atomic E-state index is 12.4. The normalized spacial score (nSPS) is 29.9. The Hall–Kier alpha value is -1.75. The Morgan fingerprint density at radius 2 is 2.18 bits per heavy atom. The molecule has 0 aromatic heterocycles. The summed E-state index contributed by atoms with van der Waals surface area (Å²) in [5, 5.41) is 0. The lowest BCUT2D eigenvalue weighted by Crippen LogP contribution is -2.18. The fourth-order valence-electron chi connectivity index (χ4n) is 3.19. The van der Waals surface area contributed by atoms with Crippen LogP contribution in [0.3, 0.4) is 0 Å². The van der Waals surface area contributed by atoms with Crippen molar-refractivity contribution in [3.63, 3.8) is 0 Å². The average molecular weight is 298 g/mol. The van der Waals surface area contributed by atoms with Crippen LogP contribution < -0.4 is 0 Å². The first-order valence-electron chi connectivity index (χ1n) is 8.03. The highest BCUT2D eigenvalue weighted by Gasteiger charge is 2.61. The molecule has 0 aliphatic heterocycles. The minimum atomic E-state index is -0.565. The SMILES string of the molecule is C#CC(C=CC1C=CCC1)OC(=O)C1C(C=C(C)C)C1(C)C. The minimum absolute atomic E-state index is 0.0363. The molecule has 0 saturated heterocycles. The molecule has 4 atom stereocenters. The molecule has 0 aromatic rings. The van der Waals surface area contributed by atoms with Crippen LogP contribution in [0.25, 0.3) is 0 Å². The van der Waals surface area contributed by atoms with Gasteiger partial charge < -0.3 is 4.74 Å². The molecule has 0 amide bonds. The molecule has 0 heterocycles. The Kier molecular flexibility index (Phi) is 4.96. The highest BCUT2D eigenvalue weighted by molar-refractivity contribution is 5.78. The summed E-state index contributed by atoms with van der Waals surface area (Å²) >= 11 is 0. The van der Waals surface area contributed by atoms with Crippen molar-refractivity contribution in [3.8, 4) is 12.3 Å². The van der Waals surface area contributed by atoms with Gasteiger partial charge in [-0.25, -0.2) is 0 Å². The molecule has 2 aliphatic rings. The van der Waals surface area contributed by atoms with Gasteiger partial charge in [-0.05, 0) is 50.0 Å². The molecule has 0 aromatic carbocycles. The first kappa shape index (κ1) is 16.6. The monoisotopic (exact) mass is 298 g/mol. The summed E-state index contributed by atoms with van der Waals surface area (Å²) < 4.78 is 5.52. The molecule has 1 saturated carbocycles. The highest BCUT2D eigenvalue weighted by atomic mass is 16.5. The van der Waals surface area contributed by atoms with Crippen molar-refractivity contribution in [2.75, 3.05) is 0 Å². The fourth-order valence-corrected chi connectivity index (χ4v) is 3.19. The summed E-state index contributed by atoms with van der Waals surface area (Å²) in [7, 11) is 0. The fraction of sp³-hybridized carbons (Fsp3) is 0.550. The van der Waals surface area contributed by atoms with Crippen LogP contribution in [0.15, 0.2) is 36.0 Å². The van der Waals surface area contributed by atoms with E-state index >= 15 is 0 Å². The van der Waals surface area contributed by atoms with Gasteiger partial charge in [-0.15, -0.1) is 6.42 Å². The summed E-state index contributed by atoms with van der Waals surface area (Å²) in [4.78, 5) is 12.4. The van der Waals surface area contributed by atoms with E-state index in [0.717, 1.165) is 12.8 Å². The van der Waals surface area contributed by atoms with Gasteiger partial charge in [0.1, 0.15) is 0 Å². The Bertz CT molecular complexity index is 553. The van der Waals surface area contributed by atoms with Gasteiger partial charge >= 0.3 is 5.97 Å². The van der Waals surface area contributed by atoms with Crippen LogP contribution in [-0.2, 0) is 9.53 Å². The third-order valence-electron chi connectivity index (χ3n) is 4.67. The maximum atomic E-state index is 12.4. The maximum Gasteiger partial charge on any atom is 0.311 e. The Morgan fingerprint density at radius 3 is 2.73 bits per heavy atom. The summed E-state index contributed by atoms with van der Waals surface area (Å²) in [5.41, 5.74) is 1.19. The second-order valence-corrected chi connectivity index (χ2v) is 7.15. The van der Waals surface area contributed by atoms with E-state index < -0.39 is 6.10 Å². The van der Waals surface area contributed by atoms with E-state index in [9.17, 15) is 4.79 Å². The molecule has 2 rings (SSSR count). The summed E-state index contributed by atoms with van der Waals surface area (Å²) in [6.07, 6.45) is 17.5. The van der Waals surface area contributed by atoms with Crippen molar-refractivity contribution in [1.29, 1.82) is 0 Å². The molecule has 0 radical (unpaired) electrons. The molecule has 0 spiro atoms. The molecule has 0 N–H and O–H groups in total. The number of esters is 1. The smallest absolute Gasteiger partial charge is 0.311 e. The van der Waals surface area contributed by atoms with E-state index in [1.807, 2.05) is 12.2 Å². The number of carbonyl (C=O) groups is 1. The topological polar surface area (TPSA) is 26.3 Å². The van der Waals surface area contributed by atoms with Crippen molar-refractivity contribution < 1.29 is 9.53 Å². The molecule has 0 bridgehead atoms. The quantitative estimate of drug-likeness (QED) is 0.430. The molecule has 22 heavy (non-hydrogen) atoms. The predicted molar refractivity (Wildman–Crippen MR) is 89.9 cm³/mol. The lowest BCUT2D eigenvalue weighted by atomic mass is 10.1. The van der Waals surface area contributed by atoms with Crippen LogP contribution in [0.5, 0.6) is 0 Å². The van der Waals surface area contributed by atoms with Gasteiger partial charge in [-0.1, -0.05) is 49.6 Å². The number of carbonyl (C=O) groups excluding carboxylic acids is 1. The Balaban J connectivity index is 1.94. The average Bonchev–Trinajstić information content (AvgIpc) is 2.83. The molecular weight excluding hydrogens is 272 g/mol. The van der Waals surface area contributed by atoms with Crippen molar-refractivity contribution in [1.82, 2.24) is 0 Å². The number of allylic oxidation sites excluding steroid dienone is 5. The first-order chi connectivity index (χ1) is 10.4. The third-order valence-corrected chi connectivity index (χ3v) is 4.67. The zero-order chi connectivity index (χ0) is 16.3. The van der Waals surface area contributed by atoms with E-state index in [1.165, 1.54) is 5.57 Å². The van der Waals surface area contributed by atoms with E-state index in [-0.39, 0.29) is 23.2 Å². The van der Waals surface area contributed by atoms with Gasteiger partial charge in [-0.2, -0.15) is 0 Å². The van der Waals surface area contributed by atoms with Crippen molar-refractivity contribution in [2.45, 2.75) is 46.6 Å². The minimum Gasteiger partial charge on any atom is -0.445 e. The van der Waals surface area contributed by atoms with E-state index in [0.29, 0.717) is 5.92 Å². The largest absolute Gasteiger partial charge is 0.445 e. The van der Waals surface area contributed by atoms with Gasteiger partial charge in [0.2, 0.25) is 0 Å². The Morgan fingerprint density at radius 1 is 1.45 bits per heavy atom. The number of ether oxygens (including phenoxy) is 1. The number of hydrogen-bond donors (Lipinski definition) is 0. The highest BCUT2D eigenvalue weighted by Crippen LogP contribution is 2.59. The van der Waals surface area contributed by atoms with E-state index in [4.69, 9.17) is 11.2 Å². The summed E-state index contributed by atoms with van der Waals surface area (Å²) in [6, 6.07) is 0. The molecule has 1 fully saturated rings. The number of terminal acetylenes is 1. The van der Waals surface area contributed by atoms with E-state index in [1.54, 1.807) is 0 Å². The molecule has 4 unspecified atom stereocenters. The van der Waals surface area contributed by atoms with Crippen LogP contribution in [0.2, 0.25) is 0 Å². The van der Waals surface area contributed by atoms with Crippen LogP contribution >= 0.6 is 0 Å². The van der Waals surface area contributed by atoms with Crippen molar-refractivity contribution >= 4 is 5.97 Å². The molecule has 118 valence electrons. The van der Waals surface area contributed by atoms with Gasteiger partial charge in [0.05, 0.1) is 5.92 Å². The standard InChI is InChI=1S/C20H26O2/c1-6-16(12-11-15-9-7-8-10-15)22-19(21)18-17(13-14(2)3)20(18,4)5/h1,7,9,11-13,15-18H,8,10H2,2-5H3. The predicted octanol–water partition coefficient (Wildman–Crippen LogP) is 4.29. The summed E-state index contributed by atoms with van der Waals surface area (Å²) in [6.45, 7) is 8.32. The van der Waals surface area contributed by atoms with Crippen molar-refractivity contribution in [3.05, 3.63) is 36.0 Å². The number of hydrogen-bond acceptors (Lipinski definition) is 2. The van der Waals surface area contributed by atoms with Gasteiger partial charge in [-0.3, -0.25) is 4.79 Å². The molecule has 2 nitrogen and oxygen atoms in total. The lowest BCUT2D eigenvalue weighted by molar-refractivity contribution is -0.147. The van der Waals surface area contributed by atoms with Crippen LogP contribution in [0.1, 0.15) is 40.5 Å². The van der Waals surface area contributed by atoms with Crippen LogP contribution in [-0.4, -0.2) is 12.1 Å². The van der Waals surface area contributed by atoms with Crippen LogP contribution in [0, 0.1) is 35.5 Å². The second kappa shape index (κ2) is 6.57. The zero-order valence-electron chi connectivity index (χ0n) is 14.0. The number of rotatable bonds is 5. The zero-order valence-corrected chi connectivity index (χ0v) is 14.0. The van der Waals surface area contributed by atoms with Crippen LogP contribution in [0.4, 0.5) is 0 Å². The molecule has 2 heteroatoms. The van der Waals surface area contributed by atoms with E-state index in [2.05, 4.69) is 51.8 Å². The first-order valence-corrected chi connectivity index (χ1v) is 8.03. The van der Waals surface area contributed by atoms with Gasteiger partial charge in [0.15, 0.2) is 6.10 Å². The molecular formula is C20H26O2. The third kappa shape index (κ3) is 3.71. The molecule has 2 aliphatic carbocycles. The second-order valence-electron chi connectivity index (χ2n) is 7.15. The lowest BCUT2D eigenvalue weighted by Gasteiger charge is -2.10. The van der Waals surface area contributed by atoms with Gasteiger partial charge in [0, 0.05) is 0 Å². The summed E-state index contributed by atoms with van der Waals surface area (Å²) in [5.74, 6) is 2.97. The Labute approximate surface area is 134 Å². The van der Waals surface area contributed by atoms with Crippen molar-refractivity contribution in [2.24, 2.45) is 23.2 Å².